The summed E-state index contributed by atoms with van der Waals surface area (Å²) in [5, 5.41) is 6.17. The van der Waals surface area contributed by atoms with Crippen LogP contribution >= 0.6 is 12.2 Å². The van der Waals surface area contributed by atoms with Crippen LogP contribution < -0.4 is 16.4 Å². The lowest BCUT2D eigenvalue weighted by Gasteiger charge is -2.34. The molecule has 204 valence electrons. The summed E-state index contributed by atoms with van der Waals surface area (Å²) in [6, 6.07) is 10.3. The van der Waals surface area contributed by atoms with Gasteiger partial charge in [-0.3, -0.25) is 14.6 Å². The Morgan fingerprint density at radius 3 is 2.42 bits per heavy atom. The minimum Gasteiger partial charge on any atom is -0.464 e. The number of ether oxygens (including phenoxy) is 1. The second kappa shape index (κ2) is 13.0. The van der Waals surface area contributed by atoms with Crippen LogP contribution in [-0.4, -0.2) is 45.8 Å². The quantitative estimate of drug-likeness (QED) is 0.223. The average Bonchev–Trinajstić information content (AvgIpc) is 3.33. The summed E-state index contributed by atoms with van der Waals surface area (Å²) >= 11 is 5.61. The van der Waals surface area contributed by atoms with Crippen LogP contribution in [0.3, 0.4) is 0 Å². The van der Waals surface area contributed by atoms with Gasteiger partial charge in [0.25, 0.3) is 0 Å². The number of esters is 1. The van der Waals surface area contributed by atoms with Crippen LogP contribution in [0.1, 0.15) is 58.9 Å². The molecule has 0 aliphatic heterocycles. The third-order valence-corrected chi connectivity index (χ3v) is 7.32. The molecule has 2 aromatic rings. The van der Waals surface area contributed by atoms with Crippen molar-refractivity contribution in [3.63, 3.8) is 0 Å². The van der Waals surface area contributed by atoms with Crippen molar-refractivity contribution in [1.29, 1.82) is 0 Å². The summed E-state index contributed by atoms with van der Waals surface area (Å²) in [5.41, 5.74) is 7.99. The van der Waals surface area contributed by atoms with E-state index in [1.54, 1.807) is 13.1 Å². The molecule has 1 aromatic carbocycles. The molecule has 3 rings (SSSR count). The van der Waals surface area contributed by atoms with Gasteiger partial charge in [0.05, 0.1) is 23.2 Å². The molecule has 2 atom stereocenters. The number of aromatic nitrogens is 1. The van der Waals surface area contributed by atoms with Crippen LogP contribution in [0, 0.1) is 11.8 Å². The number of carbonyl (C=O) groups is 3. The molecule has 4 N–H and O–H groups in total. The van der Waals surface area contributed by atoms with E-state index in [0.29, 0.717) is 23.5 Å². The molecule has 0 bridgehead atoms. The van der Waals surface area contributed by atoms with Crippen molar-refractivity contribution in [3.8, 4) is 11.3 Å². The van der Waals surface area contributed by atoms with Crippen molar-refractivity contribution in [2.45, 2.75) is 71.4 Å². The largest absolute Gasteiger partial charge is 0.464 e. The molecular weight excluding hydrogens is 500 g/mol. The van der Waals surface area contributed by atoms with Gasteiger partial charge in [-0.25, -0.2) is 4.79 Å². The van der Waals surface area contributed by atoms with E-state index in [2.05, 4.69) is 15.6 Å². The average molecular weight is 539 g/mol. The molecule has 38 heavy (non-hydrogen) atoms. The molecular formula is C29H38N4O4S. The van der Waals surface area contributed by atoms with Crippen molar-refractivity contribution in [1.82, 2.24) is 15.6 Å². The zero-order chi connectivity index (χ0) is 27.9. The Morgan fingerprint density at radius 2 is 1.87 bits per heavy atom. The second-order valence-electron chi connectivity index (χ2n) is 10.3. The molecule has 2 unspecified atom stereocenters. The third kappa shape index (κ3) is 7.16. The number of hydrogen-bond acceptors (Lipinski definition) is 7. The zero-order valence-corrected chi connectivity index (χ0v) is 23.4. The van der Waals surface area contributed by atoms with Gasteiger partial charge in [-0.1, -0.05) is 57.1 Å². The molecule has 1 aliphatic carbocycles. The van der Waals surface area contributed by atoms with E-state index < -0.39 is 23.5 Å². The number of nitrogens with zero attached hydrogens (tertiary/aromatic N) is 1. The Balaban J connectivity index is 1.79. The molecule has 0 radical (unpaired) electrons. The number of hydrogen-bond donors (Lipinski definition) is 3. The second-order valence-corrected chi connectivity index (χ2v) is 10.7. The van der Waals surface area contributed by atoms with Crippen molar-refractivity contribution in [2.24, 2.45) is 11.8 Å². The molecule has 1 saturated carbocycles. The van der Waals surface area contributed by atoms with Gasteiger partial charge in [0.15, 0.2) is 0 Å². The van der Waals surface area contributed by atoms with Gasteiger partial charge in [0, 0.05) is 23.9 Å². The number of thiocarbonyl (C=S) groups is 1. The number of nitrogens with two attached hydrogens (primary N) is 1. The Labute approximate surface area is 230 Å². The number of pyridine rings is 1. The Hall–Kier alpha value is -3.33. The monoisotopic (exact) mass is 538 g/mol. The van der Waals surface area contributed by atoms with Crippen LogP contribution in [0.15, 0.2) is 42.6 Å². The molecule has 8 nitrogen and oxygen atoms in total. The van der Waals surface area contributed by atoms with E-state index in [1.807, 2.05) is 50.2 Å². The highest BCUT2D eigenvalue weighted by Crippen LogP contribution is 2.31. The molecule has 1 fully saturated rings. The number of Topliss-reactive ketones (excluding diaryl/α,β-unsaturated/α-hetero) is 1. The fourth-order valence-corrected chi connectivity index (χ4v) is 5.67. The molecule has 0 spiro atoms. The number of anilines is 1. The Kier molecular flexibility index (Phi) is 9.96. The Morgan fingerprint density at radius 1 is 1.16 bits per heavy atom. The lowest BCUT2D eigenvalue weighted by atomic mass is 9.89. The minimum absolute atomic E-state index is 0.00379. The van der Waals surface area contributed by atoms with Crippen molar-refractivity contribution >= 4 is 40.6 Å². The Bertz CT molecular complexity index is 1160. The predicted molar refractivity (Wildman–Crippen MR) is 152 cm³/mol. The van der Waals surface area contributed by atoms with Crippen LogP contribution in [0.25, 0.3) is 11.3 Å². The molecule has 1 amide bonds. The number of carbonyl (C=O) groups excluding carboxylic acids is 3. The highest BCUT2D eigenvalue weighted by molar-refractivity contribution is 7.80. The zero-order valence-electron chi connectivity index (χ0n) is 22.6. The van der Waals surface area contributed by atoms with E-state index >= 15 is 0 Å². The molecule has 1 aliphatic rings. The van der Waals surface area contributed by atoms with Gasteiger partial charge in [0.1, 0.15) is 17.4 Å². The van der Waals surface area contributed by atoms with Crippen LogP contribution in [-0.2, 0) is 25.5 Å². The van der Waals surface area contributed by atoms with E-state index in [0.717, 1.165) is 29.7 Å². The number of nitrogen functional groups attached to an aromatic ring is 1. The summed E-state index contributed by atoms with van der Waals surface area (Å²) < 4.78 is 5.28. The van der Waals surface area contributed by atoms with Gasteiger partial charge in [-0.2, -0.15) is 0 Å². The smallest absolute Gasteiger partial charge is 0.328 e. The highest BCUT2D eigenvalue weighted by atomic mass is 32.1. The first-order valence-corrected chi connectivity index (χ1v) is 13.6. The van der Waals surface area contributed by atoms with E-state index in [4.69, 9.17) is 22.7 Å². The standard InChI is InChI=1S/C29H38N4O4S/c1-5-37-27(35)24(15-20-11-12-23(31-17-20)21-9-8-10-22(30)16-21)32-28(36)29(13-6-7-14-29)33-26(38)25(18(2)3)19(4)34/h8-12,16-18,24-25H,5-7,13-15,30H2,1-4H3,(H,32,36)(H,33,38). The minimum atomic E-state index is -0.972. The topological polar surface area (TPSA) is 123 Å². The normalized spacial score (nSPS) is 15.9. The first kappa shape index (κ1) is 29.2. The fraction of sp³-hybridized carbons (Fsp3) is 0.483. The molecule has 9 heteroatoms. The summed E-state index contributed by atoms with van der Waals surface area (Å²) in [7, 11) is 0. The van der Waals surface area contributed by atoms with Gasteiger partial charge in [-0.15, -0.1) is 0 Å². The van der Waals surface area contributed by atoms with E-state index in [1.165, 1.54) is 6.92 Å². The maximum atomic E-state index is 13.7. The third-order valence-electron chi connectivity index (χ3n) is 6.96. The highest BCUT2D eigenvalue weighted by Gasteiger charge is 2.44. The molecule has 1 aromatic heterocycles. The molecule has 0 saturated heterocycles. The summed E-state index contributed by atoms with van der Waals surface area (Å²) in [5.74, 6) is -1.33. The number of amides is 1. The van der Waals surface area contributed by atoms with Gasteiger partial charge in [0.2, 0.25) is 5.91 Å². The molecule has 1 heterocycles. The van der Waals surface area contributed by atoms with Crippen LogP contribution in [0.2, 0.25) is 0 Å². The first-order chi connectivity index (χ1) is 18.1. The summed E-state index contributed by atoms with van der Waals surface area (Å²) in [4.78, 5) is 43.7. The fourth-order valence-electron chi connectivity index (χ4n) is 5.04. The van der Waals surface area contributed by atoms with Gasteiger partial charge >= 0.3 is 5.97 Å². The maximum Gasteiger partial charge on any atom is 0.328 e. The van der Waals surface area contributed by atoms with Gasteiger partial charge < -0.3 is 21.1 Å². The summed E-state index contributed by atoms with van der Waals surface area (Å²) in [6.45, 7) is 7.31. The van der Waals surface area contributed by atoms with Crippen molar-refractivity contribution < 1.29 is 19.1 Å². The summed E-state index contributed by atoms with van der Waals surface area (Å²) in [6.07, 6.45) is 4.72. The predicted octanol–water partition coefficient (Wildman–Crippen LogP) is 4.01. The van der Waals surface area contributed by atoms with Crippen LogP contribution in [0.5, 0.6) is 0 Å². The lowest BCUT2D eigenvalue weighted by molar-refractivity contribution is -0.148. The van der Waals surface area contributed by atoms with Crippen molar-refractivity contribution in [3.05, 3.63) is 48.2 Å². The van der Waals surface area contributed by atoms with Gasteiger partial charge in [-0.05, 0) is 56.4 Å². The number of ketones is 1. The first-order valence-electron chi connectivity index (χ1n) is 13.2. The number of nitrogens with one attached hydrogen (secondary N) is 2. The van der Waals surface area contributed by atoms with E-state index in [9.17, 15) is 14.4 Å². The van der Waals surface area contributed by atoms with Crippen LogP contribution in [0.4, 0.5) is 5.69 Å². The van der Waals surface area contributed by atoms with E-state index in [-0.39, 0.29) is 30.6 Å². The number of benzene rings is 1. The SMILES string of the molecule is CCOC(=O)C(Cc1ccc(-c2cccc(N)c2)nc1)NC(=O)C1(NC(=S)C(C(C)=O)C(C)C)CCCC1. The lowest BCUT2D eigenvalue weighted by Crippen LogP contribution is -2.61. The van der Waals surface area contributed by atoms with Crippen molar-refractivity contribution in [2.75, 3.05) is 12.3 Å². The maximum absolute atomic E-state index is 13.7. The number of rotatable bonds is 11.